The van der Waals surface area contributed by atoms with Crippen LogP contribution < -0.4 is 5.32 Å². The zero-order valence-corrected chi connectivity index (χ0v) is 37.8. The summed E-state index contributed by atoms with van der Waals surface area (Å²) < 4.78 is 5.91. The third kappa shape index (κ3) is 39.4. The van der Waals surface area contributed by atoms with E-state index in [-0.39, 0.29) is 24.9 Å². The average Bonchev–Trinajstić information content (AvgIpc) is 3.19. The molecule has 0 aromatic carbocycles. The van der Waals surface area contributed by atoms with Crippen LogP contribution in [-0.4, -0.2) is 46.9 Å². The zero-order valence-electron chi connectivity index (χ0n) is 37.8. The Labute approximate surface area is 349 Å². The maximum Gasteiger partial charge on any atom is 0.306 e. The molecule has 1 amide bonds. The van der Waals surface area contributed by atoms with Gasteiger partial charge in [-0.05, 0) is 51.4 Å². The quantitative estimate of drug-likeness (QED) is 0.0324. The van der Waals surface area contributed by atoms with Gasteiger partial charge >= 0.3 is 5.97 Å². The maximum atomic E-state index is 13.2. The second-order valence-corrected chi connectivity index (χ2v) is 17.2. The van der Waals surface area contributed by atoms with Gasteiger partial charge in [-0.3, -0.25) is 9.59 Å². The second kappa shape index (κ2) is 44.7. The fourth-order valence-electron chi connectivity index (χ4n) is 7.78. The number of nitrogens with one attached hydrogen (secondary N) is 1. The highest BCUT2D eigenvalue weighted by Crippen LogP contribution is 2.18. The van der Waals surface area contributed by atoms with Crippen molar-refractivity contribution in [3.63, 3.8) is 0 Å². The predicted octanol–water partition coefficient (Wildman–Crippen LogP) is 14.6. The number of carbonyl (C=O) groups is 2. The van der Waals surface area contributed by atoms with Crippen molar-refractivity contribution in [3.8, 4) is 0 Å². The molecule has 3 unspecified atom stereocenters. The Morgan fingerprint density at radius 2 is 0.857 bits per heavy atom. The largest absolute Gasteiger partial charge is 0.462 e. The molecule has 0 radical (unpaired) electrons. The molecular formula is C50H97NO5. The molecule has 0 aliphatic carbocycles. The molecule has 0 heterocycles. The van der Waals surface area contributed by atoms with Crippen LogP contribution in [0.5, 0.6) is 0 Å². The molecule has 0 bridgehead atoms. The van der Waals surface area contributed by atoms with E-state index in [1.807, 2.05) is 0 Å². The summed E-state index contributed by atoms with van der Waals surface area (Å²) in [4.78, 5) is 26.0. The highest BCUT2D eigenvalue weighted by molar-refractivity contribution is 5.77. The monoisotopic (exact) mass is 792 g/mol. The normalized spacial score (nSPS) is 13.3. The van der Waals surface area contributed by atoms with Gasteiger partial charge in [-0.15, -0.1) is 0 Å². The van der Waals surface area contributed by atoms with E-state index in [2.05, 4.69) is 38.2 Å². The highest BCUT2D eigenvalue weighted by Gasteiger charge is 2.24. The van der Waals surface area contributed by atoms with Gasteiger partial charge in [-0.25, -0.2) is 0 Å². The van der Waals surface area contributed by atoms with Crippen LogP contribution in [0.2, 0.25) is 0 Å². The molecule has 3 atom stereocenters. The van der Waals surface area contributed by atoms with Crippen molar-refractivity contribution in [2.45, 2.75) is 289 Å². The number of hydrogen-bond donors (Lipinski definition) is 3. The summed E-state index contributed by atoms with van der Waals surface area (Å²) in [5.74, 6) is -0.479. The van der Waals surface area contributed by atoms with Crippen LogP contribution in [0.25, 0.3) is 0 Å². The van der Waals surface area contributed by atoms with Gasteiger partial charge in [-0.1, -0.05) is 219 Å². The number of aliphatic hydroxyl groups excluding tert-OH is 2. The second-order valence-electron chi connectivity index (χ2n) is 17.2. The van der Waals surface area contributed by atoms with Crippen molar-refractivity contribution in [1.82, 2.24) is 5.32 Å². The van der Waals surface area contributed by atoms with Crippen molar-refractivity contribution in [2.75, 3.05) is 6.61 Å². The Bertz CT molecular complexity index is 847. The Morgan fingerprint density at radius 1 is 0.500 bits per heavy atom. The Kier molecular flexibility index (Phi) is 43.6. The number of amides is 1. The number of aliphatic hydroxyl groups is 2. The van der Waals surface area contributed by atoms with Crippen molar-refractivity contribution < 1.29 is 24.5 Å². The Balaban J connectivity index is 4.54. The number of esters is 1. The SMILES string of the molecule is CCCCCCCCC/C=C\CCCCCC(=O)OC(CCCCCCCCCCCCC)CC(=O)NC(CO)C(O)CCCCCCCCCCCCCC. The van der Waals surface area contributed by atoms with E-state index in [1.54, 1.807) is 0 Å². The molecule has 6 heteroatoms. The molecule has 0 aromatic heterocycles. The fraction of sp³-hybridized carbons (Fsp3) is 0.920. The van der Waals surface area contributed by atoms with Crippen LogP contribution in [0.15, 0.2) is 12.2 Å². The van der Waals surface area contributed by atoms with Gasteiger partial charge in [0.15, 0.2) is 0 Å². The lowest BCUT2D eigenvalue weighted by Gasteiger charge is -2.24. The summed E-state index contributed by atoms with van der Waals surface area (Å²) in [6.45, 7) is 6.48. The lowest BCUT2D eigenvalue weighted by atomic mass is 10.0. The standard InChI is InChI=1S/C50H97NO5/c1-4-7-10-13-16-19-22-24-25-28-31-34-37-40-43-50(55)56-46(41-38-35-32-29-26-21-18-15-12-9-6-3)44-49(54)51-47(45-52)48(53)42-39-36-33-30-27-23-20-17-14-11-8-5-2/h25,28,46-48,52-53H,4-24,26-27,29-45H2,1-3H3,(H,51,54)/b28-25-. The summed E-state index contributed by atoms with van der Waals surface area (Å²) >= 11 is 0. The molecule has 6 nitrogen and oxygen atoms in total. The first-order chi connectivity index (χ1) is 27.5. The molecule has 332 valence electrons. The highest BCUT2D eigenvalue weighted by atomic mass is 16.5. The van der Waals surface area contributed by atoms with E-state index in [1.165, 1.54) is 173 Å². The van der Waals surface area contributed by atoms with Gasteiger partial charge in [0.1, 0.15) is 6.10 Å². The first kappa shape index (κ1) is 54.6. The van der Waals surface area contributed by atoms with E-state index in [4.69, 9.17) is 4.74 Å². The summed E-state index contributed by atoms with van der Waals surface area (Å²) in [6, 6.07) is -0.696. The Morgan fingerprint density at radius 3 is 1.27 bits per heavy atom. The number of unbranched alkanes of at least 4 members (excludes halogenated alkanes) is 31. The topological polar surface area (TPSA) is 95.9 Å². The molecule has 0 saturated carbocycles. The van der Waals surface area contributed by atoms with Gasteiger partial charge < -0.3 is 20.3 Å². The number of allylic oxidation sites excluding steroid dienone is 2. The van der Waals surface area contributed by atoms with Gasteiger partial charge in [0, 0.05) is 6.42 Å². The average molecular weight is 792 g/mol. The van der Waals surface area contributed by atoms with Crippen molar-refractivity contribution >= 4 is 11.9 Å². The third-order valence-electron chi connectivity index (χ3n) is 11.6. The van der Waals surface area contributed by atoms with E-state index >= 15 is 0 Å². The molecule has 56 heavy (non-hydrogen) atoms. The number of hydrogen-bond acceptors (Lipinski definition) is 5. The van der Waals surface area contributed by atoms with Gasteiger partial charge in [0.25, 0.3) is 0 Å². The minimum atomic E-state index is -0.783. The fourth-order valence-corrected chi connectivity index (χ4v) is 7.78. The minimum absolute atomic E-state index is 0.0782. The molecule has 0 aliphatic heterocycles. The molecule has 0 rings (SSSR count). The van der Waals surface area contributed by atoms with Crippen LogP contribution in [0.4, 0.5) is 0 Å². The van der Waals surface area contributed by atoms with Crippen molar-refractivity contribution in [2.24, 2.45) is 0 Å². The number of carbonyl (C=O) groups excluding carboxylic acids is 2. The molecule has 0 saturated heterocycles. The van der Waals surface area contributed by atoms with Crippen molar-refractivity contribution in [1.29, 1.82) is 0 Å². The molecule has 3 N–H and O–H groups in total. The van der Waals surface area contributed by atoms with Crippen molar-refractivity contribution in [3.05, 3.63) is 12.2 Å². The molecule has 0 aromatic rings. The van der Waals surface area contributed by atoms with Gasteiger partial charge in [0.2, 0.25) is 5.91 Å². The number of ether oxygens (including phenoxy) is 1. The van der Waals surface area contributed by atoms with E-state index < -0.39 is 18.2 Å². The zero-order chi connectivity index (χ0) is 41.0. The maximum absolute atomic E-state index is 13.2. The summed E-state index contributed by atoms with van der Waals surface area (Å²) in [5.41, 5.74) is 0. The molecule has 0 spiro atoms. The van der Waals surface area contributed by atoms with Crippen LogP contribution in [-0.2, 0) is 14.3 Å². The first-order valence-electron chi connectivity index (χ1n) is 24.9. The van der Waals surface area contributed by atoms with E-state index in [0.29, 0.717) is 19.3 Å². The van der Waals surface area contributed by atoms with E-state index in [0.717, 1.165) is 51.4 Å². The first-order valence-corrected chi connectivity index (χ1v) is 24.9. The third-order valence-corrected chi connectivity index (χ3v) is 11.6. The van der Waals surface area contributed by atoms with Gasteiger partial charge in [0.05, 0.1) is 25.2 Å². The smallest absolute Gasteiger partial charge is 0.306 e. The van der Waals surface area contributed by atoms with Crippen LogP contribution >= 0.6 is 0 Å². The molecule has 0 aliphatic rings. The van der Waals surface area contributed by atoms with E-state index in [9.17, 15) is 19.8 Å². The summed E-state index contributed by atoms with van der Waals surface area (Å²) in [6.07, 6.45) is 48.4. The lowest BCUT2D eigenvalue weighted by Crippen LogP contribution is -2.46. The summed E-state index contributed by atoms with van der Waals surface area (Å²) in [7, 11) is 0. The molecular weight excluding hydrogens is 695 g/mol. The van der Waals surface area contributed by atoms with Crippen LogP contribution in [0.3, 0.4) is 0 Å². The number of rotatable bonds is 45. The molecule has 0 fully saturated rings. The lowest BCUT2D eigenvalue weighted by molar-refractivity contribution is -0.151. The van der Waals surface area contributed by atoms with Gasteiger partial charge in [-0.2, -0.15) is 0 Å². The Hall–Kier alpha value is -1.40. The predicted molar refractivity (Wildman–Crippen MR) is 241 cm³/mol. The summed E-state index contributed by atoms with van der Waals surface area (Å²) in [5, 5.41) is 23.7. The van der Waals surface area contributed by atoms with Crippen LogP contribution in [0.1, 0.15) is 271 Å². The van der Waals surface area contributed by atoms with Crippen LogP contribution in [0, 0.1) is 0 Å². The minimum Gasteiger partial charge on any atom is -0.462 e.